The third-order valence-electron chi connectivity index (χ3n) is 4.62. The van der Waals surface area contributed by atoms with Gasteiger partial charge in [-0.05, 0) is 56.5 Å². The standard InChI is InChI=1S/C22H25NO3S2/c1-13-11-14(2)19(15(3)12-13)23-20(24)16(4)26-21(25)17-5-7-18(8-6-17)22-27-9-10-28-22/h5-8,11-12,16,22H,9-10H2,1-4H3,(H,23,24)/t16-/m0/s1. The fraction of sp³-hybridized carbons (Fsp3) is 0.364. The summed E-state index contributed by atoms with van der Waals surface area (Å²) in [6.07, 6.45) is -0.881. The molecule has 0 aliphatic carbocycles. The SMILES string of the molecule is Cc1cc(C)c(NC(=O)[C@H](C)OC(=O)c2ccc(C3SCCS3)cc2)c(C)c1. The second-order valence-electron chi connectivity index (χ2n) is 7.01. The van der Waals surface area contributed by atoms with Gasteiger partial charge < -0.3 is 10.1 Å². The zero-order chi connectivity index (χ0) is 20.3. The summed E-state index contributed by atoms with van der Waals surface area (Å²) in [7, 11) is 0. The highest BCUT2D eigenvalue weighted by Gasteiger charge is 2.22. The van der Waals surface area contributed by atoms with Gasteiger partial charge in [-0.2, -0.15) is 0 Å². The van der Waals surface area contributed by atoms with Crippen molar-refractivity contribution < 1.29 is 14.3 Å². The van der Waals surface area contributed by atoms with E-state index in [1.54, 1.807) is 19.1 Å². The minimum atomic E-state index is -0.881. The third-order valence-corrected chi connectivity index (χ3v) is 7.72. The van der Waals surface area contributed by atoms with Crippen LogP contribution in [0.3, 0.4) is 0 Å². The number of thioether (sulfide) groups is 2. The number of hydrogen-bond donors (Lipinski definition) is 1. The Balaban J connectivity index is 1.61. The van der Waals surface area contributed by atoms with E-state index in [1.807, 2.05) is 68.6 Å². The highest BCUT2D eigenvalue weighted by Crippen LogP contribution is 2.45. The van der Waals surface area contributed by atoms with Crippen molar-refractivity contribution in [2.75, 3.05) is 16.8 Å². The summed E-state index contributed by atoms with van der Waals surface area (Å²) in [5.74, 6) is 1.49. The molecule has 1 aliphatic rings. The van der Waals surface area contributed by atoms with E-state index in [4.69, 9.17) is 4.74 Å². The average molecular weight is 416 g/mol. The first-order chi connectivity index (χ1) is 13.3. The number of rotatable bonds is 5. The lowest BCUT2D eigenvalue weighted by molar-refractivity contribution is -0.123. The number of nitrogens with one attached hydrogen (secondary N) is 1. The molecule has 1 aliphatic heterocycles. The molecule has 0 radical (unpaired) electrons. The number of benzene rings is 2. The lowest BCUT2D eigenvalue weighted by atomic mass is 10.0. The highest BCUT2D eigenvalue weighted by atomic mass is 32.2. The van der Waals surface area contributed by atoms with E-state index in [2.05, 4.69) is 5.32 Å². The molecule has 2 aromatic carbocycles. The number of carbonyl (C=O) groups is 2. The number of carbonyl (C=O) groups excluding carboxylic acids is 2. The monoisotopic (exact) mass is 415 g/mol. The van der Waals surface area contributed by atoms with E-state index in [1.165, 1.54) is 5.56 Å². The number of amides is 1. The summed E-state index contributed by atoms with van der Waals surface area (Å²) in [6.45, 7) is 7.52. The number of hydrogen-bond acceptors (Lipinski definition) is 5. The number of aryl methyl sites for hydroxylation is 3. The summed E-state index contributed by atoms with van der Waals surface area (Å²) in [4.78, 5) is 24.9. The molecule has 1 heterocycles. The second kappa shape index (κ2) is 9.05. The van der Waals surface area contributed by atoms with Crippen LogP contribution in [-0.2, 0) is 9.53 Å². The Kier molecular flexibility index (Phi) is 6.73. The molecule has 1 fully saturated rings. The molecule has 0 unspecified atom stereocenters. The first-order valence-electron chi connectivity index (χ1n) is 9.28. The summed E-state index contributed by atoms with van der Waals surface area (Å²) >= 11 is 3.84. The van der Waals surface area contributed by atoms with Crippen molar-refractivity contribution in [3.05, 3.63) is 64.2 Å². The molecule has 1 N–H and O–H groups in total. The zero-order valence-electron chi connectivity index (χ0n) is 16.6. The second-order valence-corrected chi connectivity index (χ2v) is 9.73. The first-order valence-corrected chi connectivity index (χ1v) is 11.4. The van der Waals surface area contributed by atoms with Crippen LogP contribution in [0.4, 0.5) is 5.69 Å². The molecule has 1 atom stereocenters. The normalized spacial score (nSPS) is 15.3. The van der Waals surface area contributed by atoms with Crippen molar-refractivity contribution >= 4 is 41.1 Å². The van der Waals surface area contributed by atoms with Crippen LogP contribution in [0, 0.1) is 20.8 Å². The number of anilines is 1. The van der Waals surface area contributed by atoms with Crippen LogP contribution in [0.1, 0.15) is 44.1 Å². The van der Waals surface area contributed by atoms with Gasteiger partial charge in [-0.15, -0.1) is 23.5 Å². The molecule has 3 rings (SSSR count). The molecular weight excluding hydrogens is 390 g/mol. The molecule has 4 nitrogen and oxygen atoms in total. The quantitative estimate of drug-likeness (QED) is 0.674. The van der Waals surface area contributed by atoms with Crippen molar-refractivity contribution in [3.63, 3.8) is 0 Å². The van der Waals surface area contributed by atoms with Gasteiger partial charge in [0.15, 0.2) is 6.10 Å². The predicted octanol–water partition coefficient (Wildman–Crippen LogP) is 5.27. The molecule has 0 saturated carbocycles. The Hall–Kier alpha value is -1.92. The van der Waals surface area contributed by atoms with Crippen LogP contribution >= 0.6 is 23.5 Å². The van der Waals surface area contributed by atoms with Gasteiger partial charge in [0.1, 0.15) is 0 Å². The summed E-state index contributed by atoms with van der Waals surface area (Å²) in [5.41, 5.74) is 5.56. The Morgan fingerprint density at radius 1 is 1.04 bits per heavy atom. The number of ether oxygens (including phenoxy) is 1. The molecule has 6 heteroatoms. The number of esters is 1. The molecule has 28 heavy (non-hydrogen) atoms. The van der Waals surface area contributed by atoms with E-state index in [-0.39, 0.29) is 5.91 Å². The van der Waals surface area contributed by atoms with Crippen LogP contribution in [0.2, 0.25) is 0 Å². The average Bonchev–Trinajstić information content (AvgIpc) is 3.19. The lowest BCUT2D eigenvalue weighted by Gasteiger charge is -2.17. The van der Waals surface area contributed by atoms with Crippen LogP contribution in [-0.4, -0.2) is 29.5 Å². The van der Waals surface area contributed by atoms with E-state index in [0.29, 0.717) is 10.1 Å². The van der Waals surface area contributed by atoms with Crippen molar-refractivity contribution in [1.82, 2.24) is 0 Å². The smallest absolute Gasteiger partial charge is 0.338 e. The molecule has 0 spiro atoms. The summed E-state index contributed by atoms with van der Waals surface area (Å²) < 4.78 is 5.82. The Morgan fingerprint density at radius 2 is 1.61 bits per heavy atom. The fourth-order valence-corrected chi connectivity index (χ4v) is 6.07. The van der Waals surface area contributed by atoms with Gasteiger partial charge in [-0.25, -0.2) is 4.79 Å². The molecule has 0 aromatic heterocycles. The van der Waals surface area contributed by atoms with Crippen molar-refractivity contribution in [2.45, 2.75) is 38.4 Å². The maximum Gasteiger partial charge on any atom is 0.338 e. The molecular formula is C22H25NO3S2. The third kappa shape index (κ3) is 4.92. The zero-order valence-corrected chi connectivity index (χ0v) is 18.2. The molecule has 148 valence electrons. The van der Waals surface area contributed by atoms with Gasteiger partial charge >= 0.3 is 5.97 Å². The van der Waals surface area contributed by atoms with Gasteiger partial charge in [-0.1, -0.05) is 29.8 Å². The van der Waals surface area contributed by atoms with Gasteiger partial charge in [0.05, 0.1) is 10.1 Å². The van der Waals surface area contributed by atoms with Crippen molar-refractivity contribution in [1.29, 1.82) is 0 Å². The molecule has 2 aromatic rings. The van der Waals surface area contributed by atoms with E-state index in [0.717, 1.165) is 33.9 Å². The van der Waals surface area contributed by atoms with Gasteiger partial charge in [0.25, 0.3) is 5.91 Å². The first kappa shape index (κ1) is 20.8. The predicted molar refractivity (Wildman–Crippen MR) is 118 cm³/mol. The van der Waals surface area contributed by atoms with Crippen LogP contribution in [0.5, 0.6) is 0 Å². The Labute approximate surface area is 174 Å². The Morgan fingerprint density at radius 3 is 2.18 bits per heavy atom. The maximum atomic E-state index is 12.5. The van der Waals surface area contributed by atoms with E-state index >= 15 is 0 Å². The van der Waals surface area contributed by atoms with E-state index < -0.39 is 12.1 Å². The van der Waals surface area contributed by atoms with Crippen molar-refractivity contribution in [3.8, 4) is 0 Å². The van der Waals surface area contributed by atoms with Gasteiger partial charge in [0.2, 0.25) is 0 Å². The summed E-state index contributed by atoms with van der Waals surface area (Å²) in [6, 6.07) is 11.5. The van der Waals surface area contributed by atoms with E-state index in [9.17, 15) is 9.59 Å². The van der Waals surface area contributed by atoms with Gasteiger partial charge in [-0.3, -0.25) is 4.79 Å². The highest BCUT2D eigenvalue weighted by molar-refractivity contribution is 8.19. The lowest BCUT2D eigenvalue weighted by Crippen LogP contribution is -2.30. The molecule has 1 saturated heterocycles. The summed E-state index contributed by atoms with van der Waals surface area (Å²) in [5, 5.41) is 2.89. The fourth-order valence-electron chi connectivity index (χ4n) is 3.21. The Bertz CT molecular complexity index is 851. The molecule has 0 bridgehead atoms. The minimum Gasteiger partial charge on any atom is -0.449 e. The van der Waals surface area contributed by atoms with Gasteiger partial charge in [0, 0.05) is 17.2 Å². The topological polar surface area (TPSA) is 55.4 Å². The maximum absolute atomic E-state index is 12.5. The van der Waals surface area contributed by atoms with Crippen LogP contribution in [0.25, 0.3) is 0 Å². The molecule has 1 amide bonds. The van der Waals surface area contributed by atoms with Crippen LogP contribution < -0.4 is 5.32 Å². The van der Waals surface area contributed by atoms with Crippen molar-refractivity contribution in [2.24, 2.45) is 0 Å². The van der Waals surface area contributed by atoms with Crippen LogP contribution in [0.15, 0.2) is 36.4 Å². The largest absolute Gasteiger partial charge is 0.449 e. The minimum absolute atomic E-state index is 0.334.